The SMILES string of the molecule is CCNC(=O)NC[C@@H]1CCCN(Cc2cc3ccccc3o2)C1. The maximum absolute atomic E-state index is 11.5. The second-order valence-electron chi connectivity index (χ2n) is 6.23. The van der Waals surface area contributed by atoms with Crippen molar-refractivity contribution in [3.8, 4) is 0 Å². The van der Waals surface area contributed by atoms with Crippen LogP contribution in [0.25, 0.3) is 11.0 Å². The Morgan fingerprint density at radius 3 is 3.04 bits per heavy atom. The Labute approximate surface area is 137 Å². The zero-order chi connectivity index (χ0) is 16.1. The topological polar surface area (TPSA) is 57.5 Å². The van der Waals surface area contributed by atoms with Crippen molar-refractivity contribution >= 4 is 17.0 Å². The van der Waals surface area contributed by atoms with Gasteiger partial charge in [0.15, 0.2) is 0 Å². The lowest BCUT2D eigenvalue weighted by Gasteiger charge is -2.32. The highest BCUT2D eigenvalue weighted by Crippen LogP contribution is 2.22. The average Bonchev–Trinajstić information content (AvgIpc) is 2.96. The quantitative estimate of drug-likeness (QED) is 0.892. The molecule has 23 heavy (non-hydrogen) atoms. The fourth-order valence-electron chi connectivity index (χ4n) is 3.26. The number of urea groups is 1. The highest BCUT2D eigenvalue weighted by atomic mass is 16.3. The molecule has 0 radical (unpaired) electrons. The summed E-state index contributed by atoms with van der Waals surface area (Å²) in [6.07, 6.45) is 2.34. The third kappa shape index (κ3) is 4.26. The Kier molecular flexibility index (Phi) is 5.18. The molecule has 5 heteroatoms. The van der Waals surface area contributed by atoms with E-state index >= 15 is 0 Å². The first-order valence-electron chi connectivity index (χ1n) is 8.46. The predicted molar refractivity (Wildman–Crippen MR) is 91.3 cm³/mol. The molecule has 3 rings (SSSR count). The second kappa shape index (κ2) is 7.51. The number of amides is 2. The van der Waals surface area contributed by atoms with Crippen LogP contribution in [-0.4, -0.2) is 37.1 Å². The van der Waals surface area contributed by atoms with E-state index in [4.69, 9.17) is 4.42 Å². The number of fused-ring (bicyclic) bond motifs is 1. The van der Waals surface area contributed by atoms with Crippen LogP contribution in [-0.2, 0) is 6.54 Å². The van der Waals surface area contributed by atoms with E-state index < -0.39 is 0 Å². The van der Waals surface area contributed by atoms with Crippen molar-refractivity contribution < 1.29 is 9.21 Å². The van der Waals surface area contributed by atoms with E-state index in [2.05, 4.69) is 27.7 Å². The summed E-state index contributed by atoms with van der Waals surface area (Å²) in [5.41, 5.74) is 0.953. The summed E-state index contributed by atoms with van der Waals surface area (Å²) in [7, 11) is 0. The molecule has 0 bridgehead atoms. The van der Waals surface area contributed by atoms with Gasteiger partial charge in [0, 0.05) is 25.0 Å². The molecule has 1 aromatic carbocycles. The Balaban J connectivity index is 1.53. The number of para-hydroxylation sites is 1. The second-order valence-corrected chi connectivity index (χ2v) is 6.23. The highest BCUT2D eigenvalue weighted by molar-refractivity contribution is 5.77. The summed E-state index contributed by atoms with van der Waals surface area (Å²) in [6.45, 7) is 6.26. The Hall–Kier alpha value is -2.01. The van der Waals surface area contributed by atoms with Crippen LogP contribution in [0.1, 0.15) is 25.5 Å². The number of hydrogen-bond donors (Lipinski definition) is 2. The van der Waals surface area contributed by atoms with E-state index in [1.807, 2.05) is 25.1 Å². The first kappa shape index (κ1) is 15.9. The standard InChI is InChI=1S/C18H25N3O2/c1-2-19-18(22)20-11-14-6-5-9-21(12-14)13-16-10-15-7-3-4-8-17(15)23-16/h3-4,7-8,10,14H,2,5-6,9,11-13H2,1H3,(H2,19,20,22)/t14-/m0/s1. The van der Waals surface area contributed by atoms with E-state index in [-0.39, 0.29) is 6.03 Å². The molecule has 1 saturated heterocycles. The zero-order valence-corrected chi connectivity index (χ0v) is 13.7. The van der Waals surface area contributed by atoms with Gasteiger partial charge in [-0.15, -0.1) is 0 Å². The Morgan fingerprint density at radius 1 is 1.35 bits per heavy atom. The minimum atomic E-state index is -0.0677. The molecular weight excluding hydrogens is 290 g/mol. The van der Waals surface area contributed by atoms with Gasteiger partial charge in [-0.05, 0) is 44.4 Å². The molecule has 2 amide bonds. The fraction of sp³-hybridized carbons (Fsp3) is 0.500. The van der Waals surface area contributed by atoms with E-state index in [1.54, 1.807) is 0 Å². The molecule has 0 aliphatic carbocycles. The fourth-order valence-corrected chi connectivity index (χ4v) is 3.26. The van der Waals surface area contributed by atoms with Crippen LogP contribution < -0.4 is 10.6 Å². The van der Waals surface area contributed by atoms with Crippen molar-refractivity contribution in [2.45, 2.75) is 26.3 Å². The van der Waals surface area contributed by atoms with E-state index in [0.717, 1.165) is 42.9 Å². The summed E-state index contributed by atoms with van der Waals surface area (Å²) in [5, 5.41) is 6.89. The molecule has 0 spiro atoms. The number of carbonyl (C=O) groups is 1. The van der Waals surface area contributed by atoms with Crippen LogP contribution in [0.2, 0.25) is 0 Å². The number of furan rings is 1. The summed E-state index contributed by atoms with van der Waals surface area (Å²) < 4.78 is 5.91. The number of nitrogens with one attached hydrogen (secondary N) is 2. The lowest BCUT2D eigenvalue weighted by molar-refractivity contribution is 0.156. The van der Waals surface area contributed by atoms with Crippen molar-refractivity contribution in [2.24, 2.45) is 5.92 Å². The molecule has 0 saturated carbocycles. The van der Waals surface area contributed by atoms with Crippen LogP contribution in [0.5, 0.6) is 0 Å². The molecule has 0 unspecified atom stereocenters. The number of nitrogens with zero attached hydrogens (tertiary/aromatic N) is 1. The van der Waals surface area contributed by atoms with Gasteiger partial charge in [0.25, 0.3) is 0 Å². The molecule has 1 aliphatic heterocycles. The molecule has 124 valence electrons. The van der Waals surface area contributed by atoms with Gasteiger partial charge in [-0.3, -0.25) is 4.90 Å². The molecule has 2 heterocycles. The largest absolute Gasteiger partial charge is 0.460 e. The van der Waals surface area contributed by atoms with Gasteiger partial charge in [-0.2, -0.15) is 0 Å². The van der Waals surface area contributed by atoms with Gasteiger partial charge in [0.2, 0.25) is 0 Å². The number of rotatable bonds is 5. The van der Waals surface area contributed by atoms with Crippen molar-refractivity contribution in [1.29, 1.82) is 0 Å². The van der Waals surface area contributed by atoms with Gasteiger partial charge in [0.1, 0.15) is 11.3 Å². The minimum Gasteiger partial charge on any atom is -0.460 e. The summed E-state index contributed by atoms with van der Waals surface area (Å²) in [6, 6.07) is 10.2. The lowest BCUT2D eigenvalue weighted by atomic mass is 9.98. The average molecular weight is 315 g/mol. The van der Waals surface area contributed by atoms with Gasteiger partial charge < -0.3 is 15.1 Å². The van der Waals surface area contributed by atoms with E-state index in [0.29, 0.717) is 12.5 Å². The minimum absolute atomic E-state index is 0.0677. The van der Waals surface area contributed by atoms with Crippen LogP contribution in [0, 0.1) is 5.92 Å². The number of benzene rings is 1. The molecule has 1 atom stereocenters. The maximum Gasteiger partial charge on any atom is 0.314 e. The monoisotopic (exact) mass is 315 g/mol. The van der Waals surface area contributed by atoms with Crippen LogP contribution in [0.15, 0.2) is 34.7 Å². The molecule has 2 N–H and O–H groups in total. The van der Waals surface area contributed by atoms with Gasteiger partial charge in [-0.25, -0.2) is 4.79 Å². The van der Waals surface area contributed by atoms with Crippen molar-refractivity contribution in [3.05, 3.63) is 36.1 Å². The molecule has 1 aromatic heterocycles. The highest BCUT2D eigenvalue weighted by Gasteiger charge is 2.21. The van der Waals surface area contributed by atoms with Gasteiger partial charge in [-0.1, -0.05) is 18.2 Å². The Bertz CT molecular complexity index is 620. The van der Waals surface area contributed by atoms with Gasteiger partial charge >= 0.3 is 6.03 Å². The van der Waals surface area contributed by atoms with Crippen molar-refractivity contribution in [3.63, 3.8) is 0 Å². The third-order valence-electron chi connectivity index (χ3n) is 4.35. The molecule has 1 aliphatic rings. The number of piperidine rings is 1. The van der Waals surface area contributed by atoms with Crippen LogP contribution in [0.3, 0.4) is 0 Å². The first-order chi connectivity index (χ1) is 11.2. The maximum atomic E-state index is 11.5. The smallest absolute Gasteiger partial charge is 0.314 e. The lowest BCUT2D eigenvalue weighted by Crippen LogP contribution is -2.43. The first-order valence-corrected chi connectivity index (χ1v) is 8.46. The van der Waals surface area contributed by atoms with Crippen molar-refractivity contribution in [1.82, 2.24) is 15.5 Å². The molecule has 5 nitrogen and oxygen atoms in total. The normalized spacial score (nSPS) is 18.9. The number of carbonyl (C=O) groups excluding carboxylic acids is 1. The number of hydrogen-bond acceptors (Lipinski definition) is 3. The zero-order valence-electron chi connectivity index (χ0n) is 13.7. The van der Waals surface area contributed by atoms with Gasteiger partial charge in [0.05, 0.1) is 6.54 Å². The summed E-state index contributed by atoms with van der Waals surface area (Å²) in [4.78, 5) is 13.9. The van der Waals surface area contributed by atoms with E-state index in [9.17, 15) is 4.79 Å². The summed E-state index contributed by atoms with van der Waals surface area (Å²) >= 11 is 0. The predicted octanol–water partition coefficient (Wildman–Crippen LogP) is 2.96. The molecule has 1 fully saturated rings. The molecular formula is C18H25N3O2. The molecule has 2 aromatic rings. The third-order valence-corrected chi connectivity index (χ3v) is 4.35. The van der Waals surface area contributed by atoms with Crippen LogP contribution in [0.4, 0.5) is 4.79 Å². The number of likely N-dealkylation sites (tertiary alicyclic amines) is 1. The van der Waals surface area contributed by atoms with Crippen molar-refractivity contribution in [2.75, 3.05) is 26.2 Å². The van der Waals surface area contributed by atoms with Crippen LogP contribution >= 0.6 is 0 Å². The summed E-state index contributed by atoms with van der Waals surface area (Å²) in [5.74, 6) is 1.53. The Morgan fingerprint density at radius 2 is 2.22 bits per heavy atom. The van der Waals surface area contributed by atoms with E-state index in [1.165, 1.54) is 12.8 Å².